The van der Waals surface area contributed by atoms with Gasteiger partial charge in [-0.05, 0) is 51.4 Å². The Morgan fingerprint density at radius 2 is 1.10 bits per heavy atom. The van der Waals surface area contributed by atoms with Crippen molar-refractivity contribution in [2.45, 2.75) is 180 Å². The Hall–Kier alpha value is -1.58. The van der Waals surface area contributed by atoms with Gasteiger partial charge in [-0.2, -0.15) is 0 Å². The van der Waals surface area contributed by atoms with E-state index in [9.17, 15) is 19.4 Å². The van der Waals surface area contributed by atoms with Gasteiger partial charge in [0.05, 0.1) is 26.4 Å². The Labute approximate surface area is 317 Å². The van der Waals surface area contributed by atoms with E-state index in [1.54, 1.807) is 0 Å². The van der Waals surface area contributed by atoms with E-state index in [1.807, 2.05) is 0 Å². The van der Waals surface area contributed by atoms with E-state index in [2.05, 4.69) is 62.5 Å². The Morgan fingerprint density at radius 3 is 1.65 bits per heavy atom. The van der Waals surface area contributed by atoms with Crippen molar-refractivity contribution in [3.05, 3.63) is 48.6 Å². The number of phosphoric ester groups is 1. The molecule has 3 N–H and O–H groups in total. The zero-order chi connectivity index (χ0) is 38.2. The number of rotatable bonds is 39. The monoisotopic (exact) mass is 757 g/mol. The van der Waals surface area contributed by atoms with E-state index in [0.29, 0.717) is 13.0 Å². The summed E-state index contributed by atoms with van der Waals surface area (Å²) < 4.78 is 33.3. The lowest BCUT2D eigenvalue weighted by Crippen LogP contribution is -2.29. The maximum absolute atomic E-state index is 12.6. The van der Waals surface area contributed by atoms with Crippen LogP contribution in [-0.2, 0) is 27.9 Å². The molecule has 3 atom stereocenters. The molecule has 0 aliphatic carbocycles. The molecule has 304 valence electrons. The van der Waals surface area contributed by atoms with Crippen LogP contribution >= 0.6 is 7.82 Å². The second-order valence-electron chi connectivity index (χ2n) is 13.6. The van der Waals surface area contributed by atoms with Crippen LogP contribution in [0.1, 0.15) is 168 Å². The SMILES string of the molecule is CC/C=C\C/C=C\C/C=C\C/C=C\CCCCCCC(=O)OC(COCCCCCCCCCCCCCCCC)COP(=O)(O)OCC(O)CO. The summed E-state index contributed by atoms with van der Waals surface area (Å²) in [7, 11) is -4.52. The number of phosphoric acid groups is 1. The van der Waals surface area contributed by atoms with Crippen LogP contribution < -0.4 is 0 Å². The molecule has 0 aromatic heterocycles. The number of ether oxygens (including phenoxy) is 2. The third kappa shape index (κ3) is 38.2. The second kappa shape index (κ2) is 39.1. The van der Waals surface area contributed by atoms with Crippen molar-refractivity contribution in [3.8, 4) is 0 Å². The van der Waals surface area contributed by atoms with E-state index in [4.69, 9.17) is 23.6 Å². The summed E-state index contributed by atoms with van der Waals surface area (Å²) in [5, 5.41) is 18.3. The van der Waals surface area contributed by atoms with Gasteiger partial charge in [0.1, 0.15) is 12.2 Å². The smallest absolute Gasteiger partial charge is 0.457 e. The highest BCUT2D eigenvalue weighted by atomic mass is 31.2. The Kier molecular flexibility index (Phi) is 37.9. The first kappa shape index (κ1) is 50.4. The molecule has 0 rings (SSSR count). The lowest BCUT2D eigenvalue weighted by Gasteiger charge is -2.20. The van der Waals surface area contributed by atoms with Crippen LogP contribution in [0.15, 0.2) is 48.6 Å². The quantitative estimate of drug-likeness (QED) is 0.0243. The predicted octanol–water partition coefficient (Wildman–Crippen LogP) is 11.0. The van der Waals surface area contributed by atoms with Crippen LogP contribution in [0.5, 0.6) is 0 Å². The van der Waals surface area contributed by atoms with Crippen molar-refractivity contribution in [1.29, 1.82) is 0 Å². The molecule has 0 fully saturated rings. The van der Waals surface area contributed by atoms with Gasteiger partial charge >= 0.3 is 13.8 Å². The third-order valence-electron chi connectivity index (χ3n) is 8.53. The summed E-state index contributed by atoms with van der Waals surface area (Å²) in [6.45, 7) is 3.37. The van der Waals surface area contributed by atoms with Gasteiger partial charge in [0.25, 0.3) is 0 Å². The summed E-state index contributed by atoms with van der Waals surface area (Å²) in [6.07, 6.45) is 42.1. The molecule has 0 bridgehead atoms. The Balaban J connectivity index is 4.25. The average Bonchev–Trinajstić information content (AvgIpc) is 3.13. The molecule has 3 unspecified atom stereocenters. The lowest BCUT2D eigenvalue weighted by molar-refractivity contribution is -0.154. The maximum Gasteiger partial charge on any atom is 0.472 e. The second-order valence-corrected chi connectivity index (χ2v) is 15.1. The van der Waals surface area contributed by atoms with Crippen molar-refractivity contribution in [3.63, 3.8) is 0 Å². The summed E-state index contributed by atoms with van der Waals surface area (Å²) in [4.78, 5) is 22.5. The molecule has 0 heterocycles. The van der Waals surface area contributed by atoms with Crippen LogP contribution in [-0.4, -0.2) is 66.3 Å². The molecule has 0 aliphatic rings. The van der Waals surface area contributed by atoms with Gasteiger partial charge in [-0.3, -0.25) is 13.8 Å². The Morgan fingerprint density at radius 1 is 0.615 bits per heavy atom. The summed E-state index contributed by atoms with van der Waals surface area (Å²) in [5.41, 5.74) is 0. The normalized spacial score (nSPS) is 14.6. The minimum Gasteiger partial charge on any atom is -0.457 e. The van der Waals surface area contributed by atoms with Crippen LogP contribution in [0.2, 0.25) is 0 Å². The molecule has 0 saturated heterocycles. The van der Waals surface area contributed by atoms with Gasteiger partial charge in [0.15, 0.2) is 0 Å². The first-order valence-corrected chi connectivity index (χ1v) is 22.1. The molecule has 0 aromatic rings. The molecule has 0 aliphatic heterocycles. The number of allylic oxidation sites excluding steroid dienone is 8. The molecule has 0 aromatic carbocycles. The Bertz CT molecular complexity index is 950. The number of carbonyl (C=O) groups excluding carboxylic acids is 1. The molecule has 10 heteroatoms. The molecule has 9 nitrogen and oxygen atoms in total. The number of hydrogen-bond acceptors (Lipinski definition) is 8. The fourth-order valence-electron chi connectivity index (χ4n) is 5.40. The van der Waals surface area contributed by atoms with Crippen LogP contribution in [0.25, 0.3) is 0 Å². The minimum atomic E-state index is -4.52. The maximum atomic E-state index is 12.6. The number of unbranched alkanes of at least 4 members (excludes halogenated alkanes) is 17. The molecule has 0 amide bonds. The molecule has 0 spiro atoms. The van der Waals surface area contributed by atoms with Gasteiger partial charge in [-0.1, -0.05) is 159 Å². The third-order valence-corrected chi connectivity index (χ3v) is 9.48. The van der Waals surface area contributed by atoms with E-state index in [-0.39, 0.29) is 19.6 Å². The van der Waals surface area contributed by atoms with E-state index in [0.717, 1.165) is 70.6 Å². The number of carbonyl (C=O) groups is 1. The summed E-state index contributed by atoms with van der Waals surface area (Å²) >= 11 is 0. The number of esters is 1. The topological polar surface area (TPSA) is 132 Å². The lowest BCUT2D eigenvalue weighted by atomic mass is 10.0. The first-order chi connectivity index (χ1) is 25.3. The summed E-state index contributed by atoms with van der Waals surface area (Å²) in [5.74, 6) is -0.406. The van der Waals surface area contributed by atoms with Gasteiger partial charge in [0.2, 0.25) is 0 Å². The van der Waals surface area contributed by atoms with E-state index < -0.39 is 39.2 Å². The highest BCUT2D eigenvalue weighted by Gasteiger charge is 2.26. The molecule has 0 radical (unpaired) electrons. The van der Waals surface area contributed by atoms with Gasteiger partial charge < -0.3 is 24.6 Å². The molecular formula is C42H77O9P. The van der Waals surface area contributed by atoms with Gasteiger partial charge in [-0.25, -0.2) is 4.57 Å². The molecule has 52 heavy (non-hydrogen) atoms. The zero-order valence-electron chi connectivity index (χ0n) is 33.0. The predicted molar refractivity (Wildman–Crippen MR) is 214 cm³/mol. The van der Waals surface area contributed by atoms with Crippen molar-refractivity contribution in [2.75, 3.05) is 33.0 Å². The standard InChI is InChI=1S/C42H77O9P/c1-3-5-7-9-11-13-15-17-19-20-21-22-24-26-28-30-32-34-42(45)51-41(39-50-52(46,47)49-37-40(44)36-43)38-48-35-33-31-29-27-25-23-18-16-14-12-10-8-6-4-2/h5,7,11,13,17,19,21-22,40-41,43-44H,3-4,6,8-10,12,14-16,18,20,23-39H2,1-2H3,(H,46,47)/b7-5-,13-11-,19-17-,22-21-. The van der Waals surface area contributed by atoms with E-state index in [1.165, 1.54) is 70.6 Å². The van der Waals surface area contributed by atoms with Crippen molar-refractivity contribution < 1.29 is 43.0 Å². The average molecular weight is 757 g/mol. The van der Waals surface area contributed by atoms with Crippen molar-refractivity contribution >= 4 is 13.8 Å². The van der Waals surface area contributed by atoms with E-state index >= 15 is 0 Å². The van der Waals surface area contributed by atoms with Crippen LogP contribution in [0.3, 0.4) is 0 Å². The van der Waals surface area contributed by atoms with Crippen LogP contribution in [0, 0.1) is 0 Å². The first-order valence-electron chi connectivity index (χ1n) is 20.6. The van der Waals surface area contributed by atoms with Gasteiger partial charge in [-0.15, -0.1) is 0 Å². The largest absolute Gasteiger partial charge is 0.472 e. The van der Waals surface area contributed by atoms with Gasteiger partial charge in [0, 0.05) is 13.0 Å². The number of aliphatic hydroxyl groups excluding tert-OH is 2. The van der Waals surface area contributed by atoms with Crippen LogP contribution in [0.4, 0.5) is 0 Å². The fourth-order valence-corrected chi connectivity index (χ4v) is 6.19. The number of hydrogen-bond donors (Lipinski definition) is 3. The number of aliphatic hydroxyl groups is 2. The fraction of sp³-hybridized carbons (Fsp3) is 0.786. The highest BCUT2D eigenvalue weighted by molar-refractivity contribution is 7.47. The van der Waals surface area contributed by atoms with Crippen molar-refractivity contribution in [2.24, 2.45) is 0 Å². The molecular weight excluding hydrogens is 679 g/mol. The summed E-state index contributed by atoms with van der Waals surface area (Å²) in [6, 6.07) is 0. The zero-order valence-corrected chi connectivity index (χ0v) is 33.9. The molecule has 0 saturated carbocycles. The minimum absolute atomic E-state index is 0.0400. The van der Waals surface area contributed by atoms with Crippen molar-refractivity contribution in [1.82, 2.24) is 0 Å². The highest BCUT2D eigenvalue weighted by Crippen LogP contribution is 2.43.